The van der Waals surface area contributed by atoms with Crippen LogP contribution in [0.15, 0.2) is 0 Å². The highest BCUT2D eigenvalue weighted by molar-refractivity contribution is 7.99. The Bertz CT molecular complexity index is 256. The molecular weight excluding hydrogens is 212 g/mol. The molecule has 86 valence electrons. The first-order valence-electron chi connectivity index (χ1n) is 5.65. The number of fused-ring (bicyclic) bond motifs is 2. The summed E-state index contributed by atoms with van der Waals surface area (Å²) in [7, 11) is 0. The number of carboxylic acids is 1. The first-order valence-corrected chi connectivity index (χ1v) is 6.81. The van der Waals surface area contributed by atoms with Crippen molar-refractivity contribution < 1.29 is 14.6 Å². The summed E-state index contributed by atoms with van der Waals surface area (Å²) in [4.78, 5) is 11.4. The van der Waals surface area contributed by atoms with E-state index in [0.717, 1.165) is 37.2 Å². The summed E-state index contributed by atoms with van der Waals surface area (Å²) in [6.07, 6.45) is 3.70. The van der Waals surface area contributed by atoms with Crippen LogP contribution in [-0.2, 0) is 9.53 Å². The molecule has 1 N–H and O–H groups in total. The van der Waals surface area contributed by atoms with Gasteiger partial charge in [0.05, 0.1) is 17.6 Å². The zero-order valence-electron chi connectivity index (χ0n) is 9.07. The van der Waals surface area contributed by atoms with E-state index in [1.165, 1.54) is 0 Å². The molecule has 2 aliphatic heterocycles. The lowest BCUT2D eigenvalue weighted by Gasteiger charge is -2.30. The van der Waals surface area contributed by atoms with E-state index in [-0.39, 0.29) is 12.2 Å². The third-order valence-corrected chi connectivity index (χ3v) is 4.54. The minimum absolute atomic E-state index is 0.0162. The molecule has 3 unspecified atom stereocenters. The highest BCUT2D eigenvalue weighted by atomic mass is 32.2. The Morgan fingerprint density at radius 1 is 1.60 bits per heavy atom. The third kappa shape index (κ3) is 1.89. The summed E-state index contributed by atoms with van der Waals surface area (Å²) in [5.41, 5.74) is -0.564. The second-order valence-corrected chi connectivity index (χ2v) is 5.83. The molecule has 0 aromatic heterocycles. The number of carboxylic acid groups (broad SMARTS) is 1. The zero-order valence-corrected chi connectivity index (χ0v) is 9.89. The van der Waals surface area contributed by atoms with Crippen molar-refractivity contribution in [3.05, 3.63) is 0 Å². The lowest BCUT2D eigenvalue weighted by molar-refractivity contribution is -0.152. The van der Waals surface area contributed by atoms with Gasteiger partial charge >= 0.3 is 5.97 Å². The number of ether oxygens (including phenoxy) is 1. The van der Waals surface area contributed by atoms with Crippen LogP contribution >= 0.6 is 11.8 Å². The highest BCUT2D eigenvalue weighted by Crippen LogP contribution is 2.50. The summed E-state index contributed by atoms with van der Waals surface area (Å²) in [5, 5.41) is 9.40. The van der Waals surface area contributed by atoms with Crippen molar-refractivity contribution in [1.82, 2.24) is 0 Å². The lowest BCUT2D eigenvalue weighted by Crippen LogP contribution is -2.40. The molecule has 2 bridgehead atoms. The molecule has 0 amide bonds. The average Bonchev–Trinajstić information content (AvgIpc) is 2.78. The maximum Gasteiger partial charge on any atom is 0.312 e. The molecule has 0 radical (unpaired) electrons. The van der Waals surface area contributed by atoms with Crippen LogP contribution in [0.4, 0.5) is 0 Å². The zero-order chi connectivity index (χ0) is 10.9. The second-order valence-electron chi connectivity index (χ2n) is 4.44. The molecule has 2 rings (SSSR count). The molecule has 0 saturated carbocycles. The van der Waals surface area contributed by atoms with Gasteiger partial charge in [0.25, 0.3) is 0 Å². The summed E-state index contributed by atoms with van der Waals surface area (Å²) in [6.45, 7) is 2.11. The Morgan fingerprint density at radius 3 is 2.87 bits per heavy atom. The van der Waals surface area contributed by atoms with Crippen LogP contribution in [0, 0.1) is 5.41 Å². The fourth-order valence-corrected chi connectivity index (χ4v) is 3.59. The van der Waals surface area contributed by atoms with E-state index >= 15 is 0 Å². The van der Waals surface area contributed by atoms with Crippen LogP contribution < -0.4 is 0 Å². The molecule has 15 heavy (non-hydrogen) atoms. The maximum absolute atomic E-state index is 11.4. The van der Waals surface area contributed by atoms with Crippen molar-refractivity contribution in [3.63, 3.8) is 0 Å². The van der Waals surface area contributed by atoms with Crippen LogP contribution in [0.25, 0.3) is 0 Å². The van der Waals surface area contributed by atoms with Crippen LogP contribution in [0.3, 0.4) is 0 Å². The Kier molecular flexibility index (Phi) is 3.26. The van der Waals surface area contributed by atoms with Crippen LogP contribution in [0.5, 0.6) is 0 Å². The fourth-order valence-electron chi connectivity index (χ4n) is 2.79. The Balaban J connectivity index is 2.02. The quantitative estimate of drug-likeness (QED) is 0.735. The number of rotatable bonds is 5. The van der Waals surface area contributed by atoms with Crippen molar-refractivity contribution in [3.8, 4) is 0 Å². The van der Waals surface area contributed by atoms with E-state index in [4.69, 9.17) is 4.74 Å². The maximum atomic E-state index is 11.4. The van der Waals surface area contributed by atoms with Gasteiger partial charge in [0.15, 0.2) is 0 Å². The summed E-state index contributed by atoms with van der Waals surface area (Å²) in [6, 6.07) is 0. The molecule has 3 atom stereocenters. The van der Waals surface area contributed by atoms with E-state index in [9.17, 15) is 9.90 Å². The standard InChI is InChI=1S/C11H18O3S/c1-2-15-6-5-11(10(12)13)7-8-3-4-9(11)14-8/h8-9H,2-7H2,1H3,(H,12,13). The molecule has 0 aromatic carbocycles. The van der Waals surface area contributed by atoms with Gasteiger partial charge in [-0.2, -0.15) is 11.8 Å². The Labute approximate surface area is 94.6 Å². The molecule has 2 aliphatic rings. The van der Waals surface area contributed by atoms with E-state index in [1.807, 2.05) is 11.8 Å². The van der Waals surface area contributed by atoms with Gasteiger partial charge in [-0.3, -0.25) is 4.79 Å². The van der Waals surface area contributed by atoms with Gasteiger partial charge in [-0.25, -0.2) is 0 Å². The Morgan fingerprint density at radius 2 is 2.40 bits per heavy atom. The first kappa shape index (κ1) is 11.3. The van der Waals surface area contributed by atoms with E-state index < -0.39 is 11.4 Å². The van der Waals surface area contributed by atoms with Gasteiger partial charge in [0.2, 0.25) is 0 Å². The number of thioether (sulfide) groups is 1. The number of aliphatic carboxylic acids is 1. The Hall–Kier alpha value is -0.220. The number of carbonyl (C=O) groups is 1. The minimum atomic E-state index is -0.647. The predicted molar refractivity (Wildman–Crippen MR) is 60.2 cm³/mol. The SMILES string of the molecule is CCSCCC1(C(=O)O)CC2CCC1O2. The molecule has 2 fully saturated rings. The monoisotopic (exact) mass is 230 g/mol. The van der Waals surface area contributed by atoms with E-state index in [2.05, 4.69) is 6.92 Å². The van der Waals surface area contributed by atoms with Gasteiger partial charge < -0.3 is 9.84 Å². The summed E-state index contributed by atoms with van der Waals surface area (Å²) in [5.74, 6) is 1.35. The molecule has 3 nitrogen and oxygen atoms in total. The molecule has 0 aromatic rings. The molecule has 2 heterocycles. The highest BCUT2D eigenvalue weighted by Gasteiger charge is 2.56. The third-order valence-electron chi connectivity index (χ3n) is 3.64. The minimum Gasteiger partial charge on any atom is -0.481 e. The van der Waals surface area contributed by atoms with Crippen molar-refractivity contribution in [2.75, 3.05) is 11.5 Å². The normalized spacial score (nSPS) is 38.5. The largest absolute Gasteiger partial charge is 0.481 e. The van der Waals surface area contributed by atoms with Crippen LogP contribution in [-0.4, -0.2) is 34.8 Å². The molecule has 4 heteroatoms. The van der Waals surface area contributed by atoms with E-state index in [1.54, 1.807) is 0 Å². The van der Waals surface area contributed by atoms with Crippen molar-refractivity contribution in [2.24, 2.45) is 5.41 Å². The van der Waals surface area contributed by atoms with Gasteiger partial charge in [-0.1, -0.05) is 6.92 Å². The topological polar surface area (TPSA) is 46.5 Å². The number of hydrogen-bond acceptors (Lipinski definition) is 3. The summed E-state index contributed by atoms with van der Waals surface area (Å²) >= 11 is 1.82. The lowest BCUT2D eigenvalue weighted by atomic mass is 9.72. The fraction of sp³-hybridized carbons (Fsp3) is 0.909. The van der Waals surface area contributed by atoms with E-state index in [0.29, 0.717) is 0 Å². The predicted octanol–water partition coefficient (Wildman–Crippen LogP) is 2.15. The van der Waals surface area contributed by atoms with Crippen molar-refractivity contribution in [1.29, 1.82) is 0 Å². The van der Waals surface area contributed by atoms with Gasteiger partial charge in [0.1, 0.15) is 0 Å². The summed E-state index contributed by atoms with van der Waals surface area (Å²) < 4.78 is 5.69. The van der Waals surface area contributed by atoms with Crippen molar-refractivity contribution >= 4 is 17.7 Å². The average molecular weight is 230 g/mol. The van der Waals surface area contributed by atoms with Crippen molar-refractivity contribution in [2.45, 2.75) is 44.8 Å². The van der Waals surface area contributed by atoms with Crippen LogP contribution in [0.2, 0.25) is 0 Å². The molecular formula is C11H18O3S. The first-order chi connectivity index (χ1) is 7.19. The smallest absolute Gasteiger partial charge is 0.312 e. The van der Waals surface area contributed by atoms with Gasteiger partial charge in [-0.15, -0.1) is 0 Å². The van der Waals surface area contributed by atoms with Gasteiger partial charge in [0, 0.05) is 0 Å². The molecule has 0 aliphatic carbocycles. The molecule has 2 saturated heterocycles. The van der Waals surface area contributed by atoms with Gasteiger partial charge in [-0.05, 0) is 37.2 Å². The number of hydrogen-bond donors (Lipinski definition) is 1. The van der Waals surface area contributed by atoms with Crippen LogP contribution in [0.1, 0.15) is 32.6 Å². The second kappa shape index (κ2) is 4.34. The molecule has 0 spiro atoms.